The third kappa shape index (κ3) is 2.75. The first-order valence-corrected chi connectivity index (χ1v) is 7.00. The number of aromatic nitrogens is 2. The normalized spacial score (nSPS) is 28.3. The quantitative estimate of drug-likeness (QED) is 0.814. The van der Waals surface area contributed by atoms with Gasteiger partial charge in [0.25, 0.3) is 0 Å². The van der Waals surface area contributed by atoms with Crippen LogP contribution in [0.25, 0.3) is 0 Å². The second-order valence-electron chi connectivity index (χ2n) is 6.13. The van der Waals surface area contributed by atoms with Crippen molar-refractivity contribution < 1.29 is 0 Å². The monoisotopic (exact) mass is 245 g/mol. The summed E-state index contributed by atoms with van der Waals surface area (Å²) in [5, 5.41) is 14.1. The average Bonchev–Trinajstić information content (AvgIpc) is 2.81. The number of nitrogens with zero attached hydrogens (tertiary/aromatic N) is 3. The highest BCUT2D eigenvalue weighted by Gasteiger charge is 2.35. The Morgan fingerprint density at radius 3 is 2.67 bits per heavy atom. The van der Waals surface area contributed by atoms with E-state index in [0.717, 1.165) is 30.9 Å². The van der Waals surface area contributed by atoms with E-state index in [0.29, 0.717) is 6.04 Å². The van der Waals surface area contributed by atoms with Crippen LogP contribution < -0.4 is 0 Å². The van der Waals surface area contributed by atoms with Gasteiger partial charge in [0, 0.05) is 18.7 Å². The minimum Gasteiger partial charge on any atom is -0.270 e. The van der Waals surface area contributed by atoms with Crippen molar-refractivity contribution in [2.75, 3.05) is 0 Å². The Hall–Kier alpha value is -1.30. The largest absolute Gasteiger partial charge is 0.270 e. The van der Waals surface area contributed by atoms with Gasteiger partial charge in [-0.1, -0.05) is 6.92 Å². The number of nitriles is 1. The minimum atomic E-state index is -0.164. The molecular formula is C15H23N3. The van der Waals surface area contributed by atoms with Crippen LogP contribution in [-0.2, 0) is 6.42 Å². The fourth-order valence-corrected chi connectivity index (χ4v) is 2.75. The lowest BCUT2D eigenvalue weighted by atomic mass is 9.69. The highest BCUT2D eigenvalue weighted by Crippen LogP contribution is 2.40. The predicted molar refractivity (Wildman–Crippen MR) is 72.0 cm³/mol. The van der Waals surface area contributed by atoms with Crippen molar-refractivity contribution in [1.82, 2.24) is 9.78 Å². The van der Waals surface area contributed by atoms with Gasteiger partial charge in [-0.3, -0.25) is 4.68 Å². The van der Waals surface area contributed by atoms with E-state index in [9.17, 15) is 5.26 Å². The molecule has 0 radical (unpaired) electrons. The van der Waals surface area contributed by atoms with Gasteiger partial charge in [0.05, 0.1) is 17.2 Å². The summed E-state index contributed by atoms with van der Waals surface area (Å²) >= 11 is 0. The maximum atomic E-state index is 9.52. The third-order valence-corrected chi connectivity index (χ3v) is 4.18. The molecule has 18 heavy (non-hydrogen) atoms. The number of hydrogen-bond acceptors (Lipinski definition) is 2. The zero-order chi connectivity index (χ0) is 13.2. The average molecular weight is 245 g/mol. The van der Waals surface area contributed by atoms with Crippen LogP contribution in [0.3, 0.4) is 0 Å². The molecule has 1 heterocycles. The molecule has 98 valence electrons. The summed E-state index contributed by atoms with van der Waals surface area (Å²) in [7, 11) is 0. The fourth-order valence-electron chi connectivity index (χ4n) is 2.75. The van der Waals surface area contributed by atoms with Gasteiger partial charge in [0.15, 0.2) is 0 Å². The summed E-state index contributed by atoms with van der Waals surface area (Å²) in [6.45, 7) is 6.53. The van der Waals surface area contributed by atoms with E-state index in [4.69, 9.17) is 0 Å². The van der Waals surface area contributed by atoms with E-state index in [2.05, 4.69) is 38.0 Å². The van der Waals surface area contributed by atoms with Gasteiger partial charge in [-0.05, 0) is 51.5 Å². The molecule has 2 rings (SSSR count). The molecule has 1 aliphatic carbocycles. The first-order chi connectivity index (χ1) is 8.54. The highest BCUT2D eigenvalue weighted by molar-refractivity contribution is 5.11. The molecule has 0 spiro atoms. The molecule has 3 nitrogen and oxygen atoms in total. The lowest BCUT2D eigenvalue weighted by molar-refractivity contribution is 0.217. The van der Waals surface area contributed by atoms with Crippen LogP contribution in [0.5, 0.6) is 0 Å². The van der Waals surface area contributed by atoms with Gasteiger partial charge in [0.1, 0.15) is 0 Å². The Morgan fingerprint density at radius 2 is 2.17 bits per heavy atom. The van der Waals surface area contributed by atoms with Gasteiger partial charge >= 0.3 is 0 Å². The summed E-state index contributed by atoms with van der Waals surface area (Å²) < 4.78 is 1.98. The standard InChI is InChI=1S/C15H23N3/c1-12(2)18-9-6-14(17-18)10-15(11-16)7-4-13(3)5-8-15/h6,9,12-13H,4-5,7-8,10H2,1-3H3. The van der Waals surface area contributed by atoms with Crippen LogP contribution in [0.2, 0.25) is 0 Å². The molecule has 0 saturated heterocycles. The molecule has 0 N–H and O–H groups in total. The topological polar surface area (TPSA) is 41.6 Å². The Bertz CT molecular complexity index is 431. The van der Waals surface area contributed by atoms with Gasteiger partial charge in [-0.2, -0.15) is 10.4 Å². The molecule has 1 aromatic heterocycles. The zero-order valence-corrected chi connectivity index (χ0v) is 11.7. The summed E-state index contributed by atoms with van der Waals surface area (Å²) in [6.07, 6.45) is 7.25. The molecular weight excluding hydrogens is 222 g/mol. The third-order valence-electron chi connectivity index (χ3n) is 4.18. The lowest BCUT2D eigenvalue weighted by Crippen LogP contribution is -2.27. The van der Waals surface area contributed by atoms with Crippen molar-refractivity contribution in [3.8, 4) is 6.07 Å². The van der Waals surface area contributed by atoms with Crippen molar-refractivity contribution >= 4 is 0 Å². The molecule has 0 unspecified atom stereocenters. The molecule has 1 aromatic rings. The Kier molecular flexibility index (Phi) is 3.75. The maximum Gasteiger partial charge on any atom is 0.0693 e. The van der Waals surface area contributed by atoms with Gasteiger partial charge < -0.3 is 0 Å². The molecule has 3 heteroatoms. The van der Waals surface area contributed by atoms with Crippen LogP contribution in [-0.4, -0.2) is 9.78 Å². The molecule has 1 fully saturated rings. The molecule has 0 aromatic carbocycles. The van der Waals surface area contributed by atoms with Crippen LogP contribution in [0.15, 0.2) is 12.3 Å². The van der Waals surface area contributed by atoms with Crippen LogP contribution >= 0.6 is 0 Å². The van der Waals surface area contributed by atoms with Crippen molar-refractivity contribution in [1.29, 1.82) is 5.26 Å². The second-order valence-corrected chi connectivity index (χ2v) is 6.13. The highest BCUT2D eigenvalue weighted by atomic mass is 15.3. The maximum absolute atomic E-state index is 9.52. The predicted octanol–water partition coefficient (Wildman–Crippen LogP) is 3.73. The summed E-state index contributed by atoms with van der Waals surface area (Å²) in [6, 6.07) is 5.03. The smallest absolute Gasteiger partial charge is 0.0693 e. The molecule has 0 amide bonds. The van der Waals surface area contributed by atoms with Crippen molar-refractivity contribution in [3.63, 3.8) is 0 Å². The summed E-state index contributed by atoms with van der Waals surface area (Å²) in [5.41, 5.74) is 0.905. The Balaban J connectivity index is 2.08. The first kappa shape index (κ1) is 13.1. The number of rotatable bonds is 3. The van der Waals surface area contributed by atoms with Gasteiger partial charge in [-0.15, -0.1) is 0 Å². The number of hydrogen-bond donors (Lipinski definition) is 0. The molecule has 0 atom stereocenters. The Labute approximate surface area is 110 Å². The van der Waals surface area contributed by atoms with E-state index in [1.165, 1.54) is 12.8 Å². The first-order valence-electron chi connectivity index (χ1n) is 7.00. The van der Waals surface area contributed by atoms with Crippen molar-refractivity contribution in [2.24, 2.45) is 11.3 Å². The van der Waals surface area contributed by atoms with E-state index in [1.54, 1.807) is 0 Å². The Morgan fingerprint density at radius 1 is 1.50 bits per heavy atom. The second kappa shape index (κ2) is 5.14. The van der Waals surface area contributed by atoms with Crippen LogP contribution in [0, 0.1) is 22.7 Å². The zero-order valence-electron chi connectivity index (χ0n) is 11.7. The van der Waals surface area contributed by atoms with Crippen molar-refractivity contribution in [3.05, 3.63) is 18.0 Å². The van der Waals surface area contributed by atoms with E-state index in [-0.39, 0.29) is 5.41 Å². The molecule has 0 aliphatic heterocycles. The van der Waals surface area contributed by atoms with Gasteiger partial charge in [-0.25, -0.2) is 0 Å². The lowest BCUT2D eigenvalue weighted by Gasteiger charge is -2.33. The van der Waals surface area contributed by atoms with Crippen molar-refractivity contribution in [2.45, 2.75) is 58.9 Å². The SMILES string of the molecule is CC1CCC(C#N)(Cc2ccn(C(C)C)n2)CC1. The van der Waals surface area contributed by atoms with E-state index >= 15 is 0 Å². The van der Waals surface area contributed by atoms with Gasteiger partial charge in [0.2, 0.25) is 0 Å². The van der Waals surface area contributed by atoms with E-state index in [1.807, 2.05) is 10.9 Å². The fraction of sp³-hybridized carbons (Fsp3) is 0.733. The van der Waals surface area contributed by atoms with E-state index < -0.39 is 0 Å². The van der Waals surface area contributed by atoms with Crippen LogP contribution in [0.4, 0.5) is 0 Å². The molecule has 1 aliphatic rings. The molecule has 0 bridgehead atoms. The molecule has 1 saturated carbocycles. The minimum absolute atomic E-state index is 0.164. The summed E-state index contributed by atoms with van der Waals surface area (Å²) in [5.74, 6) is 0.777. The van der Waals surface area contributed by atoms with Crippen LogP contribution in [0.1, 0.15) is 58.2 Å². The summed E-state index contributed by atoms with van der Waals surface area (Å²) in [4.78, 5) is 0.